The predicted molar refractivity (Wildman–Crippen MR) is 95.4 cm³/mol. The van der Waals surface area contributed by atoms with Crippen molar-refractivity contribution in [3.63, 3.8) is 0 Å². The zero-order chi connectivity index (χ0) is 16.5. The number of amides is 1. The van der Waals surface area contributed by atoms with Gasteiger partial charge in [0.15, 0.2) is 10.8 Å². The van der Waals surface area contributed by atoms with Crippen molar-refractivity contribution in [3.05, 3.63) is 35.3 Å². The number of aryl methyl sites for hydroxylation is 1. The zero-order valence-electron chi connectivity index (χ0n) is 12.6. The van der Waals surface area contributed by atoms with Gasteiger partial charge in [0.2, 0.25) is 11.1 Å². The summed E-state index contributed by atoms with van der Waals surface area (Å²) in [7, 11) is 0. The molecule has 1 amide bonds. The van der Waals surface area contributed by atoms with Crippen molar-refractivity contribution in [1.29, 1.82) is 0 Å². The van der Waals surface area contributed by atoms with Crippen LogP contribution in [0.5, 0.6) is 0 Å². The summed E-state index contributed by atoms with van der Waals surface area (Å²) in [5.41, 5.74) is 3.26. The number of hydrogen-bond donors (Lipinski definition) is 2. The number of nitrogens with zero attached hydrogens (tertiary/aromatic N) is 4. The van der Waals surface area contributed by atoms with Crippen LogP contribution in [0.25, 0.3) is 22.1 Å². The largest absolute Gasteiger partial charge is 0.338 e. The lowest BCUT2D eigenvalue weighted by molar-refractivity contribution is -0.113. The Bertz CT molecular complexity index is 1040. The van der Waals surface area contributed by atoms with Crippen LogP contribution in [0.15, 0.2) is 34.8 Å². The van der Waals surface area contributed by atoms with Crippen LogP contribution in [0.2, 0.25) is 0 Å². The average Bonchev–Trinajstić information content (AvgIpc) is 3.15. The molecule has 0 fully saturated rings. The molecule has 7 nitrogen and oxygen atoms in total. The molecule has 0 atom stereocenters. The monoisotopic (exact) mass is 356 g/mol. The predicted octanol–water partition coefficient (Wildman–Crippen LogP) is 3.00. The minimum atomic E-state index is -0.144. The molecular formula is C15H12N6OS2. The maximum atomic E-state index is 12.0. The van der Waals surface area contributed by atoms with Gasteiger partial charge in [-0.05, 0) is 13.0 Å². The molecule has 1 aromatic carbocycles. The first-order valence-electron chi connectivity index (χ1n) is 7.15. The van der Waals surface area contributed by atoms with E-state index in [1.807, 2.05) is 36.6 Å². The van der Waals surface area contributed by atoms with Crippen molar-refractivity contribution in [3.8, 4) is 0 Å². The van der Waals surface area contributed by atoms with E-state index in [1.54, 1.807) is 0 Å². The van der Waals surface area contributed by atoms with Gasteiger partial charge in [-0.25, -0.2) is 9.97 Å². The van der Waals surface area contributed by atoms with E-state index in [9.17, 15) is 4.79 Å². The molecule has 24 heavy (non-hydrogen) atoms. The van der Waals surface area contributed by atoms with E-state index in [-0.39, 0.29) is 11.7 Å². The van der Waals surface area contributed by atoms with Crippen LogP contribution in [-0.2, 0) is 4.79 Å². The number of para-hydroxylation sites is 1. The second kappa shape index (κ2) is 6.17. The minimum Gasteiger partial charge on any atom is -0.338 e. The second-order valence-corrected chi connectivity index (χ2v) is 6.89. The number of nitrogens with one attached hydrogen (secondary N) is 2. The topological polar surface area (TPSA) is 96.5 Å². The van der Waals surface area contributed by atoms with Crippen molar-refractivity contribution in [2.45, 2.75) is 12.1 Å². The zero-order valence-corrected chi connectivity index (χ0v) is 14.2. The van der Waals surface area contributed by atoms with E-state index in [0.717, 1.165) is 22.1 Å². The van der Waals surface area contributed by atoms with Crippen LogP contribution in [-0.4, -0.2) is 36.8 Å². The average molecular weight is 356 g/mol. The first-order valence-corrected chi connectivity index (χ1v) is 9.01. The number of carbonyl (C=O) groups is 1. The Labute approximate surface area is 144 Å². The number of aromatic nitrogens is 5. The Morgan fingerprint density at radius 1 is 1.29 bits per heavy atom. The highest BCUT2D eigenvalue weighted by molar-refractivity contribution is 7.99. The van der Waals surface area contributed by atoms with Crippen molar-refractivity contribution < 1.29 is 4.79 Å². The van der Waals surface area contributed by atoms with Crippen molar-refractivity contribution in [2.75, 3.05) is 11.1 Å². The Morgan fingerprint density at radius 2 is 2.17 bits per heavy atom. The second-order valence-electron chi connectivity index (χ2n) is 5.09. The summed E-state index contributed by atoms with van der Waals surface area (Å²) in [6.45, 7) is 1.88. The highest BCUT2D eigenvalue weighted by Crippen LogP contribution is 2.23. The van der Waals surface area contributed by atoms with Crippen LogP contribution in [0, 0.1) is 6.92 Å². The lowest BCUT2D eigenvalue weighted by Crippen LogP contribution is -2.14. The van der Waals surface area contributed by atoms with Crippen LogP contribution in [0.4, 0.5) is 5.13 Å². The van der Waals surface area contributed by atoms with Crippen molar-refractivity contribution in [1.82, 2.24) is 25.1 Å². The number of hydrogen-bond acceptors (Lipinski definition) is 7. The summed E-state index contributed by atoms with van der Waals surface area (Å²) in [6, 6.07) is 7.84. The number of benzene rings is 1. The third kappa shape index (κ3) is 2.95. The van der Waals surface area contributed by atoms with Crippen LogP contribution in [0.1, 0.15) is 5.69 Å². The van der Waals surface area contributed by atoms with Crippen LogP contribution < -0.4 is 5.32 Å². The van der Waals surface area contributed by atoms with E-state index < -0.39 is 0 Å². The molecular weight excluding hydrogens is 344 g/mol. The van der Waals surface area contributed by atoms with Gasteiger partial charge in [-0.3, -0.25) is 4.79 Å². The molecule has 0 radical (unpaired) electrons. The first-order chi connectivity index (χ1) is 11.7. The fourth-order valence-electron chi connectivity index (χ4n) is 2.26. The Hall–Kier alpha value is -2.52. The van der Waals surface area contributed by atoms with E-state index in [4.69, 9.17) is 0 Å². The molecule has 0 aliphatic heterocycles. The van der Waals surface area contributed by atoms with Crippen molar-refractivity contribution >= 4 is 56.2 Å². The molecule has 9 heteroatoms. The van der Waals surface area contributed by atoms with Gasteiger partial charge in [0.25, 0.3) is 0 Å². The molecule has 2 N–H and O–H groups in total. The Balaban J connectivity index is 1.48. The van der Waals surface area contributed by atoms with Gasteiger partial charge >= 0.3 is 0 Å². The maximum absolute atomic E-state index is 12.0. The van der Waals surface area contributed by atoms with Gasteiger partial charge in [0, 0.05) is 16.3 Å². The number of carbonyl (C=O) groups excluding carboxylic acids is 1. The first kappa shape index (κ1) is 15.0. The fourth-order valence-corrected chi connectivity index (χ4v) is 3.55. The molecule has 4 rings (SSSR count). The molecule has 0 saturated carbocycles. The SMILES string of the molecule is Cc1csc(NC(=O)CSc2nnc3c(n2)[nH]c2ccccc23)n1. The van der Waals surface area contributed by atoms with E-state index in [2.05, 4.69) is 30.5 Å². The van der Waals surface area contributed by atoms with Gasteiger partial charge in [-0.2, -0.15) is 0 Å². The highest BCUT2D eigenvalue weighted by atomic mass is 32.2. The maximum Gasteiger partial charge on any atom is 0.236 e. The third-order valence-electron chi connectivity index (χ3n) is 3.30. The number of aromatic amines is 1. The molecule has 0 spiro atoms. The summed E-state index contributed by atoms with van der Waals surface area (Å²) in [4.78, 5) is 23.8. The number of thiazole rings is 1. The number of thioether (sulfide) groups is 1. The molecule has 0 aliphatic carbocycles. The fraction of sp³-hybridized carbons (Fsp3) is 0.133. The smallest absolute Gasteiger partial charge is 0.236 e. The third-order valence-corrected chi connectivity index (χ3v) is 5.01. The van der Waals surface area contributed by atoms with Gasteiger partial charge in [0.05, 0.1) is 11.4 Å². The van der Waals surface area contributed by atoms with Gasteiger partial charge in [-0.15, -0.1) is 21.5 Å². The molecule has 3 heterocycles. The number of anilines is 1. The Kier molecular flexibility index (Phi) is 3.87. The molecule has 4 aromatic rings. The summed E-state index contributed by atoms with van der Waals surface area (Å²) >= 11 is 2.64. The van der Waals surface area contributed by atoms with E-state index >= 15 is 0 Å². The van der Waals surface area contributed by atoms with Crippen molar-refractivity contribution in [2.24, 2.45) is 0 Å². The van der Waals surface area contributed by atoms with Crippen LogP contribution in [0.3, 0.4) is 0 Å². The molecule has 0 saturated heterocycles. The van der Waals surface area contributed by atoms with Gasteiger partial charge in [0.1, 0.15) is 5.52 Å². The minimum absolute atomic E-state index is 0.144. The number of fused-ring (bicyclic) bond motifs is 3. The summed E-state index contributed by atoms with van der Waals surface area (Å²) in [5.74, 6) is 0.0566. The summed E-state index contributed by atoms with van der Waals surface area (Å²) in [6.07, 6.45) is 0. The lowest BCUT2D eigenvalue weighted by atomic mass is 10.2. The Morgan fingerprint density at radius 3 is 3.00 bits per heavy atom. The molecule has 120 valence electrons. The number of rotatable bonds is 4. The summed E-state index contributed by atoms with van der Waals surface area (Å²) < 4.78 is 0. The highest BCUT2D eigenvalue weighted by Gasteiger charge is 2.11. The molecule has 0 aliphatic rings. The normalized spacial score (nSPS) is 11.2. The lowest BCUT2D eigenvalue weighted by Gasteiger charge is -2.00. The molecule has 0 unspecified atom stereocenters. The standard InChI is InChI=1S/C15H12N6OS2/c1-8-6-23-14(16-8)18-11(22)7-24-15-19-13-12(20-21-15)9-4-2-3-5-10(9)17-13/h2-6H,7H2,1H3,(H,16,18,22)(H,17,19,21). The van der Waals surface area contributed by atoms with E-state index in [1.165, 1.54) is 23.1 Å². The van der Waals surface area contributed by atoms with Crippen LogP contribution >= 0.6 is 23.1 Å². The van der Waals surface area contributed by atoms with E-state index in [0.29, 0.717) is 15.9 Å². The summed E-state index contributed by atoms with van der Waals surface area (Å²) in [5, 5.41) is 15.0. The van der Waals surface area contributed by atoms with Gasteiger partial charge < -0.3 is 10.3 Å². The van der Waals surface area contributed by atoms with Gasteiger partial charge in [-0.1, -0.05) is 30.0 Å². The molecule has 0 bridgehead atoms. The number of H-pyrrole nitrogens is 1. The quantitative estimate of drug-likeness (QED) is 0.546. The molecule has 3 aromatic heterocycles.